The second kappa shape index (κ2) is 5.29. The third-order valence-corrected chi connectivity index (χ3v) is 2.22. The normalized spacial score (nSPS) is 9.82. The minimum Gasteiger partial charge on any atom is -0.385 e. The van der Waals surface area contributed by atoms with Crippen molar-refractivity contribution in [2.24, 2.45) is 0 Å². The van der Waals surface area contributed by atoms with Crippen molar-refractivity contribution in [2.45, 2.75) is 6.92 Å². The van der Waals surface area contributed by atoms with Crippen molar-refractivity contribution in [1.82, 2.24) is 4.90 Å². The average Bonchev–Trinajstić information content (AvgIpc) is 2.28. The molecule has 0 aliphatic carbocycles. The molecule has 0 unspecified atom stereocenters. The summed E-state index contributed by atoms with van der Waals surface area (Å²) in [6, 6.07) is 4.23. The number of benzene rings is 1. The summed E-state index contributed by atoms with van der Waals surface area (Å²) < 4.78 is 0. The maximum absolute atomic E-state index is 11.9. The third-order valence-electron chi connectivity index (χ3n) is 2.22. The van der Waals surface area contributed by atoms with E-state index in [1.165, 1.54) is 17.0 Å². The number of rotatable bonds is 4. The number of nitro groups is 1. The molecule has 1 N–H and O–H groups in total. The van der Waals surface area contributed by atoms with Gasteiger partial charge in [0.05, 0.1) is 10.5 Å². The zero-order valence-electron chi connectivity index (χ0n) is 10.1. The Morgan fingerprint density at radius 3 is 2.59 bits per heavy atom. The summed E-state index contributed by atoms with van der Waals surface area (Å²) in [7, 11) is 3.22. The molecule has 1 aromatic rings. The van der Waals surface area contributed by atoms with Gasteiger partial charge in [-0.05, 0) is 13.0 Å². The van der Waals surface area contributed by atoms with Gasteiger partial charge < -0.3 is 10.2 Å². The van der Waals surface area contributed by atoms with Crippen LogP contribution in [0.1, 0.15) is 17.3 Å². The van der Waals surface area contributed by atoms with Gasteiger partial charge in [-0.3, -0.25) is 14.9 Å². The standard InChI is InChI=1S/C11H15N3O3/c1-4-12-10-6-5-8(14(16)17)7-9(10)11(15)13(2)3/h5-7,12H,4H2,1-3H3. The third kappa shape index (κ3) is 2.93. The van der Waals surface area contributed by atoms with Crippen LogP contribution in [0.3, 0.4) is 0 Å². The number of carbonyl (C=O) groups excluding carboxylic acids is 1. The molecule has 1 aromatic carbocycles. The Labute approximate surface area is 99.4 Å². The first-order valence-electron chi connectivity index (χ1n) is 5.21. The molecule has 0 bridgehead atoms. The Kier molecular flexibility index (Phi) is 4.03. The van der Waals surface area contributed by atoms with Crippen LogP contribution in [0.4, 0.5) is 11.4 Å². The molecule has 92 valence electrons. The zero-order chi connectivity index (χ0) is 13.0. The lowest BCUT2D eigenvalue weighted by molar-refractivity contribution is -0.384. The molecule has 1 rings (SSSR count). The second-order valence-electron chi connectivity index (χ2n) is 3.72. The smallest absolute Gasteiger partial charge is 0.270 e. The molecular weight excluding hydrogens is 222 g/mol. The van der Waals surface area contributed by atoms with Gasteiger partial charge in [-0.15, -0.1) is 0 Å². The summed E-state index contributed by atoms with van der Waals surface area (Å²) in [5, 5.41) is 13.7. The molecular formula is C11H15N3O3. The van der Waals surface area contributed by atoms with E-state index in [4.69, 9.17) is 0 Å². The van der Waals surface area contributed by atoms with Gasteiger partial charge in [0, 0.05) is 38.5 Å². The Bertz CT molecular complexity index is 444. The monoisotopic (exact) mass is 237 g/mol. The molecule has 6 nitrogen and oxygen atoms in total. The van der Waals surface area contributed by atoms with Crippen LogP contribution in [0.5, 0.6) is 0 Å². The summed E-state index contributed by atoms with van der Waals surface area (Å²) >= 11 is 0. The lowest BCUT2D eigenvalue weighted by atomic mass is 10.1. The Morgan fingerprint density at radius 1 is 1.47 bits per heavy atom. The number of anilines is 1. The highest BCUT2D eigenvalue weighted by atomic mass is 16.6. The lowest BCUT2D eigenvalue weighted by Crippen LogP contribution is -2.23. The molecule has 0 spiro atoms. The van der Waals surface area contributed by atoms with Crippen molar-refractivity contribution in [3.8, 4) is 0 Å². The molecule has 1 amide bonds. The van der Waals surface area contributed by atoms with Crippen molar-refractivity contribution in [1.29, 1.82) is 0 Å². The summed E-state index contributed by atoms with van der Waals surface area (Å²) in [6.07, 6.45) is 0. The molecule has 6 heteroatoms. The van der Waals surface area contributed by atoms with E-state index in [0.717, 1.165) is 0 Å². The van der Waals surface area contributed by atoms with Crippen LogP contribution >= 0.6 is 0 Å². The Hall–Kier alpha value is -2.11. The number of non-ortho nitro benzene ring substituents is 1. The van der Waals surface area contributed by atoms with Crippen LogP contribution < -0.4 is 5.32 Å². The van der Waals surface area contributed by atoms with E-state index < -0.39 is 4.92 Å². The largest absolute Gasteiger partial charge is 0.385 e. The van der Waals surface area contributed by atoms with Crippen molar-refractivity contribution in [3.05, 3.63) is 33.9 Å². The van der Waals surface area contributed by atoms with Gasteiger partial charge in [-0.1, -0.05) is 0 Å². The van der Waals surface area contributed by atoms with E-state index in [0.29, 0.717) is 17.8 Å². The Balaban J connectivity index is 3.24. The minimum absolute atomic E-state index is 0.0862. The fourth-order valence-corrected chi connectivity index (χ4v) is 1.41. The van der Waals surface area contributed by atoms with Gasteiger partial charge in [0.15, 0.2) is 0 Å². The van der Waals surface area contributed by atoms with Crippen molar-refractivity contribution in [2.75, 3.05) is 26.0 Å². The lowest BCUT2D eigenvalue weighted by Gasteiger charge is -2.14. The number of amides is 1. The first-order chi connectivity index (χ1) is 7.97. The molecule has 0 saturated carbocycles. The fraction of sp³-hybridized carbons (Fsp3) is 0.364. The van der Waals surface area contributed by atoms with Crippen LogP contribution in [0.2, 0.25) is 0 Å². The van der Waals surface area contributed by atoms with E-state index >= 15 is 0 Å². The first kappa shape index (κ1) is 13.0. The van der Waals surface area contributed by atoms with E-state index in [2.05, 4.69) is 5.32 Å². The highest BCUT2D eigenvalue weighted by Crippen LogP contribution is 2.23. The second-order valence-corrected chi connectivity index (χ2v) is 3.72. The highest BCUT2D eigenvalue weighted by Gasteiger charge is 2.17. The summed E-state index contributed by atoms with van der Waals surface area (Å²) in [4.78, 5) is 23.4. The summed E-state index contributed by atoms with van der Waals surface area (Å²) in [6.45, 7) is 2.54. The van der Waals surface area contributed by atoms with E-state index in [-0.39, 0.29) is 11.6 Å². The number of nitro benzene ring substituents is 1. The van der Waals surface area contributed by atoms with Crippen LogP contribution in [0.25, 0.3) is 0 Å². The predicted molar refractivity (Wildman–Crippen MR) is 65.3 cm³/mol. The fourth-order valence-electron chi connectivity index (χ4n) is 1.41. The minimum atomic E-state index is -0.512. The average molecular weight is 237 g/mol. The molecule has 0 radical (unpaired) electrons. The van der Waals surface area contributed by atoms with Crippen molar-refractivity contribution >= 4 is 17.3 Å². The van der Waals surface area contributed by atoms with Crippen LogP contribution in [0, 0.1) is 10.1 Å². The molecule has 0 aliphatic rings. The van der Waals surface area contributed by atoms with Gasteiger partial charge in [0.1, 0.15) is 0 Å². The molecule has 0 fully saturated rings. The van der Waals surface area contributed by atoms with Gasteiger partial charge in [0.25, 0.3) is 11.6 Å². The van der Waals surface area contributed by atoms with Gasteiger partial charge in [0.2, 0.25) is 0 Å². The molecule has 0 heterocycles. The highest BCUT2D eigenvalue weighted by molar-refractivity contribution is 6.00. The summed E-state index contributed by atoms with van der Waals surface area (Å²) in [5.74, 6) is -0.260. The molecule has 0 atom stereocenters. The maximum atomic E-state index is 11.9. The first-order valence-corrected chi connectivity index (χ1v) is 5.21. The van der Waals surface area contributed by atoms with Gasteiger partial charge in [-0.25, -0.2) is 0 Å². The van der Waals surface area contributed by atoms with E-state index in [1.807, 2.05) is 6.92 Å². The Morgan fingerprint density at radius 2 is 2.12 bits per heavy atom. The predicted octanol–water partition coefficient (Wildman–Crippen LogP) is 1.73. The van der Waals surface area contributed by atoms with Crippen molar-refractivity contribution < 1.29 is 9.72 Å². The number of hydrogen-bond donors (Lipinski definition) is 1. The molecule has 0 aliphatic heterocycles. The maximum Gasteiger partial charge on any atom is 0.270 e. The van der Waals surface area contributed by atoms with E-state index in [1.54, 1.807) is 20.2 Å². The molecule has 0 saturated heterocycles. The van der Waals surface area contributed by atoms with Crippen LogP contribution in [-0.2, 0) is 0 Å². The van der Waals surface area contributed by atoms with E-state index in [9.17, 15) is 14.9 Å². The quantitative estimate of drug-likeness (QED) is 0.639. The van der Waals surface area contributed by atoms with Crippen LogP contribution in [0.15, 0.2) is 18.2 Å². The molecule has 17 heavy (non-hydrogen) atoms. The van der Waals surface area contributed by atoms with Crippen molar-refractivity contribution in [3.63, 3.8) is 0 Å². The zero-order valence-corrected chi connectivity index (χ0v) is 10.1. The topological polar surface area (TPSA) is 75.5 Å². The van der Waals surface area contributed by atoms with Gasteiger partial charge >= 0.3 is 0 Å². The van der Waals surface area contributed by atoms with Crippen LogP contribution in [-0.4, -0.2) is 36.4 Å². The SMILES string of the molecule is CCNc1ccc([N+](=O)[O-])cc1C(=O)N(C)C. The van der Waals surface area contributed by atoms with Gasteiger partial charge in [-0.2, -0.15) is 0 Å². The number of hydrogen-bond acceptors (Lipinski definition) is 4. The number of nitrogens with zero attached hydrogens (tertiary/aromatic N) is 2. The molecule has 0 aromatic heterocycles. The number of carbonyl (C=O) groups is 1. The number of nitrogens with one attached hydrogen (secondary N) is 1. The summed E-state index contributed by atoms with van der Waals surface area (Å²) in [5.41, 5.74) is 0.833.